The standard InChI is InChI=1S/C35H55N7O5/c36-28(22-26-12-4-1-5-13-26)33(45)40-24-31(43)39-25-32(44)42(35(47)29-16-8-9-17-37-29)30(23-27-14-6-2-7-15-27)34(46)38-18-21-41-19-10-3-11-20-41/h8-9,16-17,26-28,30H,1-7,10-15,18-25,36H2,(H,38,46)(H,39,43)(H,40,45)/t28-,30-/m0/s1. The van der Waals surface area contributed by atoms with Crippen LogP contribution in [-0.2, 0) is 19.2 Å². The Morgan fingerprint density at radius 3 is 2.06 bits per heavy atom. The van der Waals surface area contributed by atoms with E-state index in [4.69, 9.17) is 5.73 Å². The van der Waals surface area contributed by atoms with Crippen LogP contribution in [0.25, 0.3) is 0 Å². The smallest absolute Gasteiger partial charge is 0.279 e. The lowest BCUT2D eigenvalue weighted by atomic mass is 9.84. The molecule has 2 aliphatic carbocycles. The molecule has 12 nitrogen and oxygen atoms in total. The average molecular weight is 654 g/mol. The van der Waals surface area contributed by atoms with Gasteiger partial charge in [-0.25, -0.2) is 0 Å². The second kappa shape index (κ2) is 19.4. The second-order valence-electron chi connectivity index (χ2n) is 13.6. The minimum absolute atomic E-state index is 0.0427. The van der Waals surface area contributed by atoms with Gasteiger partial charge in [0.2, 0.25) is 23.6 Å². The number of rotatable bonds is 15. The Kier molecular flexibility index (Phi) is 15.1. The van der Waals surface area contributed by atoms with Crippen LogP contribution in [0.3, 0.4) is 0 Å². The van der Waals surface area contributed by atoms with Gasteiger partial charge in [0, 0.05) is 19.3 Å². The number of imide groups is 1. The number of nitrogens with two attached hydrogens (primary N) is 1. The number of piperidine rings is 1. The number of nitrogens with zero attached hydrogens (tertiary/aromatic N) is 3. The fourth-order valence-electron chi connectivity index (χ4n) is 7.26. The van der Waals surface area contributed by atoms with Gasteiger partial charge in [-0.1, -0.05) is 76.7 Å². The molecule has 1 aliphatic heterocycles. The summed E-state index contributed by atoms with van der Waals surface area (Å²) in [6.07, 6.45) is 16.6. The van der Waals surface area contributed by atoms with Crippen molar-refractivity contribution in [1.29, 1.82) is 0 Å². The van der Waals surface area contributed by atoms with E-state index < -0.39 is 42.3 Å². The molecule has 2 saturated carbocycles. The number of hydrogen-bond acceptors (Lipinski definition) is 8. The first-order valence-electron chi connectivity index (χ1n) is 17.9. The van der Waals surface area contributed by atoms with E-state index >= 15 is 0 Å². The summed E-state index contributed by atoms with van der Waals surface area (Å²) in [5, 5.41) is 8.11. The molecule has 1 saturated heterocycles. The zero-order valence-corrected chi connectivity index (χ0v) is 27.9. The third kappa shape index (κ3) is 12.0. The van der Waals surface area contributed by atoms with Gasteiger partial charge in [-0.15, -0.1) is 0 Å². The maximum absolute atomic E-state index is 13.9. The Bertz CT molecular complexity index is 1160. The topological polar surface area (TPSA) is 167 Å². The van der Waals surface area contributed by atoms with Crippen molar-refractivity contribution in [3.8, 4) is 0 Å². The van der Waals surface area contributed by atoms with Crippen molar-refractivity contribution >= 4 is 29.5 Å². The molecule has 4 rings (SSSR count). The molecule has 1 aromatic rings. The molecule has 12 heteroatoms. The molecule has 0 radical (unpaired) electrons. The van der Waals surface area contributed by atoms with E-state index in [1.807, 2.05) is 0 Å². The lowest BCUT2D eigenvalue weighted by Gasteiger charge is -2.33. The maximum atomic E-state index is 13.9. The summed E-state index contributed by atoms with van der Waals surface area (Å²) in [6.45, 7) is 2.26. The SMILES string of the molecule is N[C@@H](CC1CCCCC1)C(=O)NCC(=O)NCC(=O)N(C(=O)c1ccccn1)[C@@H](CC1CCCCC1)C(=O)NCCN1CCCCC1. The molecular formula is C35H55N7O5. The molecule has 47 heavy (non-hydrogen) atoms. The fourth-order valence-corrected chi connectivity index (χ4v) is 7.26. The highest BCUT2D eigenvalue weighted by molar-refractivity contribution is 6.08. The van der Waals surface area contributed by atoms with E-state index in [9.17, 15) is 24.0 Å². The number of hydrogen-bond donors (Lipinski definition) is 4. The molecule has 260 valence electrons. The minimum atomic E-state index is -1.05. The summed E-state index contributed by atoms with van der Waals surface area (Å²) in [5.74, 6) is -2.15. The molecule has 3 fully saturated rings. The number of nitrogens with one attached hydrogen (secondary N) is 3. The molecular weight excluding hydrogens is 598 g/mol. The summed E-state index contributed by atoms with van der Waals surface area (Å²) in [5.41, 5.74) is 6.15. The summed E-state index contributed by atoms with van der Waals surface area (Å²) in [4.78, 5) is 74.3. The van der Waals surface area contributed by atoms with Gasteiger partial charge in [0.25, 0.3) is 5.91 Å². The first kappa shape index (κ1) is 36.5. The van der Waals surface area contributed by atoms with Crippen LogP contribution in [0.4, 0.5) is 0 Å². The molecule has 1 aromatic heterocycles. The van der Waals surface area contributed by atoms with Gasteiger partial charge in [0.05, 0.1) is 19.1 Å². The summed E-state index contributed by atoms with van der Waals surface area (Å²) >= 11 is 0. The van der Waals surface area contributed by atoms with Crippen LogP contribution in [0.2, 0.25) is 0 Å². The summed E-state index contributed by atoms with van der Waals surface area (Å²) in [7, 11) is 0. The van der Waals surface area contributed by atoms with Crippen molar-refractivity contribution < 1.29 is 24.0 Å². The maximum Gasteiger partial charge on any atom is 0.279 e. The summed E-state index contributed by atoms with van der Waals surface area (Å²) < 4.78 is 0. The fraction of sp³-hybridized carbons (Fsp3) is 0.714. The number of amides is 5. The lowest BCUT2D eigenvalue weighted by Crippen LogP contribution is -2.56. The molecule has 2 atom stereocenters. The third-order valence-corrected chi connectivity index (χ3v) is 9.95. The predicted molar refractivity (Wildman–Crippen MR) is 179 cm³/mol. The largest absolute Gasteiger partial charge is 0.353 e. The predicted octanol–water partition coefficient (Wildman–Crippen LogP) is 2.52. The van der Waals surface area contributed by atoms with Gasteiger partial charge in [-0.05, 0) is 62.7 Å². The highest BCUT2D eigenvalue weighted by atomic mass is 16.2. The van der Waals surface area contributed by atoms with Gasteiger partial charge in [-0.2, -0.15) is 0 Å². The van der Waals surface area contributed by atoms with E-state index in [2.05, 4.69) is 25.8 Å². The normalized spacial score (nSPS) is 19.3. The lowest BCUT2D eigenvalue weighted by molar-refractivity contribution is -0.138. The van der Waals surface area contributed by atoms with Gasteiger partial charge in [0.15, 0.2) is 0 Å². The van der Waals surface area contributed by atoms with Crippen molar-refractivity contribution in [2.24, 2.45) is 17.6 Å². The zero-order valence-electron chi connectivity index (χ0n) is 27.9. The Morgan fingerprint density at radius 1 is 0.787 bits per heavy atom. The van der Waals surface area contributed by atoms with Gasteiger partial charge in [-0.3, -0.25) is 33.9 Å². The zero-order chi connectivity index (χ0) is 33.4. The first-order chi connectivity index (χ1) is 22.8. The average Bonchev–Trinajstić information content (AvgIpc) is 3.11. The van der Waals surface area contributed by atoms with Crippen molar-refractivity contribution in [3.05, 3.63) is 30.1 Å². The molecule has 0 unspecified atom stereocenters. The Labute approximate surface area is 279 Å². The Hall–Kier alpha value is -3.38. The van der Waals surface area contributed by atoms with Gasteiger partial charge >= 0.3 is 0 Å². The van der Waals surface area contributed by atoms with Crippen molar-refractivity contribution in [2.75, 3.05) is 39.3 Å². The van der Waals surface area contributed by atoms with Crippen LogP contribution >= 0.6 is 0 Å². The molecule has 5 amide bonds. The van der Waals surface area contributed by atoms with Crippen molar-refractivity contribution in [1.82, 2.24) is 30.7 Å². The monoisotopic (exact) mass is 653 g/mol. The molecule has 2 heterocycles. The molecule has 0 bridgehead atoms. The summed E-state index contributed by atoms with van der Waals surface area (Å²) in [6, 6.07) is 3.09. The van der Waals surface area contributed by atoms with Crippen LogP contribution in [-0.4, -0.2) is 95.7 Å². The van der Waals surface area contributed by atoms with E-state index in [0.29, 0.717) is 31.8 Å². The number of likely N-dealkylation sites (tertiary alicyclic amines) is 1. The van der Waals surface area contributed by atoms with E-state index in [1.165, 1.54) is 25.1 Å². The third-order valence-electron chi connectivity index (χ3n) is 9.95. The van der Waals surface area contributed by atoms with E-state index in [1.54, 1.807) is 12.1 Å². The highest BCUT2D eigenvalue weighted by Crippen LogP contribution is 2.29. The van der Waals surface area contributed by atoms with Crippen molar-refractivity contribution in [2.45, 2.75) is 108 Å². The molecule has 0 aromatic carbocycles. The van der Waals surface area contributed by atoms with E-state index in [-0.39, 0.29) is 24.1 Å². The second-order valence-corrected chi connectivity index (χ2v) is 13.6. The van der Waals surface area contributed by atoms with E-state index in [0.717, 1.165) is 88.6 Å². The van der Waals surface area contributed by atoms with Crippen LogP contribution in [0.1, 0.15) is 107 Å². The number of carbonyl (C=O) groups excluding carboxylic acids is 5. The number of aromatic nitrogens is 1. The number of carbonyl (C=O) groups is 5. The van der Waals surface area contributed by atoms with Crippen LogP contribution in [0, 0.1) is 11.8 Å². The molecule has 0 spiro atoms. The first-order valence-corrected chi connectivity index (χ1v) is 17.9. The van der Waals surface area contributed by atoms with Gasteiger partial charge in [0.1, 0.15) is 11.7 Å². The molecule has 5 N–H and O–H groups in total. The van der Waals surface area contributed by atoms with Crippen LogP contribution in [0.5, 0.6) is 0 Å². The Morgan fingerprint density at radius 2 is 1.43 bits per heavy atom. The highest BCUT2D eigenvalue weighted by Gasteiger charge is 2.37. The van der Waals surface area contributed by atoms with Crippen LogP contribution in [0.15, 0.2) is 24.4 Å². The van der Waals surface area contributed by atoms with Crippen LogP contribution < -0.4 is 21.7 Å². The van der Waals surface area contributed by atoms with Crippen molar-refractivity contribution in [3.63, 3.8) is 0 Å². The minimum Gasteiger partial charge on any atom is -0.353 e. The quantitative estimate of drug-likeness (QED) is 0.224. The Balaban J connectivity index is 1.40. The number of pyridine rings is 1. The van der Waals surface area contributed by atoms with Gasteiger partial charge < -0.3 is 26.6 Å². The molecule has 3 aliphatic rings.